The van der Waals surface area contributed by atoms with E-state index in [1.165, 1.54) is 0 Å². The second-order valence-electron chi connectivity index (χ2n) is 2.66. The van der Waals surface area contributed by atoms with Gasteiger partial charge in [0.15, 0.2) is 0 Å². The predicted molar refractivity (Wildman–Crippen MR) is 49.8 cm³/mol. The van der Waals surface area contributed by atoms with Crippen molar-refractivity contribution in [1.82, 2.24) is 5.16 Å². The second kappa shape index (κ2) is 5.86. The molecule has 0 saturated carbocycles. The molecule has 0 aromatic carbocycles. The Morgan fingerprint density at radius 1 is 1.44 bits per heavy atom. The number of hydrogen-bond donors (Lipinski definition) is 1. The number of ether oxygens (including phenoxy) is 2. The molecule has 0 aliphatic heterocycles. The molecule has 0 atom stereocenters. The summed E-state index contributed by atoms with van der Waals surface area (Å²) in [6.07, 6.45) is 1.01. The van der Waals surface area contributed by atoms with Crippen LogP contribution in [-0.4, -0.2) is 42.0 Å². The number of aliphatic hydroxyl groups excluding tert-OH is 1. The largest absolute Gasteiger partial charge is 0.462 e. The average Bonchev–Trinajstić information content (AvgIpc) is 2.75. The number of carbonyl (C=O) groups excluding carboxylic acids is 2. The van der Waals surface area contributed by atoms with E-state index in [0.717, 1.165) is 6.26 Å². The summed E-state index contributed by atoms with van der Waals surface area (Å²) in [7, 11) is 0. The van der Waals surface area contributed by atoms with Gasteiger partial charge in [-0.3, -0.25) is 0 Å². The summed E-state index contributed by atoms with van der Waals surface area (Å²) >= 11 is 0. The molecule has 1 aromatic heterocycles. The van der Waals surface area contributed by atoms with Crippen molar-refractivity contribution in [2.45, 2.75) is 6.92 Å². The van der Waals surface area contributed by atoms with E-state index in [4.69, 9.17) is 5.11 Å². The first-order valence-electron chi connectivity index (χ1n) is 4.60. The van der Waals surface area contributed by atoms with Gasteiger partial charge < -0.3 is 19.1 Å². The molecule has 0 aliphatic rings. The topological polar surface area (TPSA) is 98.9 Å². The highest BCUT2D eigenvalue weighted by Crippen LogP contribution is 2.10. The van der Waals surface area contributed by atoms with Crippen molar-refractivity contribution in [2.75, 3.05) is 19.8 Å². The molecule has 1 heterocycles. The second-order valence-corrected chi connectivity index (χ2v) is 2.66. The monoisotopic (exact) mass is 229 g/mol. The summed E-state index contributed by atoms with van der Waals surface area (Å²) in [5.41, 5.74) is -0.350. The molecule has 16 heavy (non-hydrogen) atoms. The number of hydrogen-bond acceptors (Lipinski definition) is 7. The van der Waals surface area contributed by atoms with Crippen LogP contribution in [-0.2, 0) is 9.47 Å². The molecule has 1 rings (SSSR count). The fraction of sp³-hybridized carbons (Fsp3) is 0.444. The molecule has 7 heteroatoms. The van der Waals surface area contributed by atoms with Gasteiger partial charge in [0.1, 0.15) is 18.4 Å². The van der Waals surface area contributed by atoms with Crippen LogP contribution in [0.3, 0.4) is 0 Å². The lowest BCUT2D eigenvalue weighted by molar-refractivity contribution is 0.0406. The van der Waals surface area contributed by atoms with Crippen LogP contribution in [0.15, 0.2) is 10.8 Å². The Labute approximate surface area is 90.9 Å². The number of rotatable bonds is 5. The fourth-order valence-electron chi connectivity index (χ4n) is 0.944. The van der Waals surface area contributed by atoms with Crippen molar-refractivity contribution in [1.29, 1.82) is 0 Å². The Bertz CT molecular complexity index is 372. The van der Waals surface area contributed by atoms with Crippen molar-refractivity contribution < 1.29 is 28.7 Å². The van der Waals surface area contributed by atoms with Crippen LogP contribution in [0.25, 0.3) is 0 Å². The molecule has 0 radical (unpaired) electrons. The van der Waals surface area contributed by atoms with Gasteiger partial charge in [-0.15, -0.1) is 0 Å². The standard InChI is InChI=1S/C9H11NO6/c1-2-14-8(12)6-5-16-10-7(6)9(13)15-4-3-11/h5,11H,2-4H2,1H3. The first kappa shape index (κ1) is 12.2. The number of nitrogens with zero attached hydrogens (tertiary/aromatic N) is 1. The minimum Gasteiger partial charge on any atom is -0.462 e. The molecule has 7 nitrogen and oxygen atoms in total. The number of esters is 2. The number of carbonyl (C=O) groups is 2. The summed E-state index contributed by atoms with van der Waals surface area (Å²) in [6.45, 7) is 1.33. The third-order valence-corrected chi connectivity index (χ3v) is 1.58. The summed E-state index contributed by atoms with van der Waals surface area (Å²) < 4.78 is 13.8. The van der Waals surface area contributed by atoms with E-state index in [-0.39, 0.29) is 31.1 Å². The van der Waals surface area contributed by atoms with E-state index in [9.17, 15) is 9.59 Å². The molecule has 88 valence electrons. The molecular formula is C9H11NO6. The van der Waals surface area contributed by atoms with Crippen LogP contribution in [0.2, 0.25) is 0 Å². The summed E-state index contributed by atoms with van der Waals surface area (Å²) in [5.74, 6) is -1.55. The van der Waals surface area contributed by atoms with Crippen molar-refractivity contribution in [3.8, 4) is 0 Å². The number of aliphatic hydroxyl groups is 1. The molecule has 0 spiro atoms. The Hall–Kier alpha value is -1.89. The summed E-state index contributed by atoms with van der Waals surface area (Å²) in [6, 6.07) is 0. The van der Waals surface area contributed by atoms with E-state index < -0.39 is 11.9 Å². The zero-order valence-electron chi connectivity index (χ0n) is 8.63. The van der Waals surface area contributed by atoms with E-state index in [1.807, 2.05) is 0 Å². The van der Waals surface area contributed by atoms with Crippen molar-refractivity contribution >= 4 is 11.9 Å². The smallest absolute Gasteiger partial charge is 0.361 e. The van der Waals surface area contributed by atoms with Crippen molar-refractivity contribution in [3.05, 3.63) is 17.5 Å². The molecule has 0 saturated heterocycles. The van der Waals surface area contributed by atoms with E-state index in [0.29, 0.717) is 0 Å². The molecule has 0 bridgehead atoms. The van der Waals surface area contributed by atoms with Gasteiger partial charge in [0.05, 0.1) is 13.2 Å². The highest BCUT2D eigenvalue weighted by molar-refractivity contribution is 6.01. The summed E-state index contributed by atoms with van der Waals surface area (Å²) in [5, 5.41) is 11.8. The summed E-state index contributed by atoms with van der Waals surface area (Å²) in [4.78, 5) is 22.7. The normalized spacial score (nSPS) is 9.88. The van der Waals surface area contributed by atoms with Crippen molar-refractivity contribution in [2.24, 2.45) is 0 Å². The Morgan fingerprint density at radius 2 is 2.19 bits per heavy atom. The lowest BCUT2D eigenvalue weighted by Crippen LogP contribution is -2.14. The minimum absolute atomic E-state index is 0.0928. The third kappa shape index (κ3) is 2.80. The first-order chi connectivity index (χ1) is 7.70. The Balaban J connectivity index is 2.77. The zero-order valence-corrected chi connectivity index (χ0v) is 8.63. The van der Waals surface area contributed by atoms with Crippen LogP contribution in [0.4, 0.5) is 0 Å². The number of aromatic nitrogens is 1. The van der Waals surface area contributed by atoms with Crippen LogP contribution in [0, 0.1) is 0 Å². The lowest BCUT2D eigenvalue weighted by atomic mass is 10.2. The quantitative estimate of drug-likeness (QED) is 0.709. The van der Waals surface area contributed by atoms with Gasteiger partial charge in [-0.2, -0.15) is 0 Å². The van der Waals surface area contributed by atoms with Crippen LogP contribution in [0.5, 0.6) is 0 Å². The van der Waals surface area contributed by atoms with Crippen LogP contribution < -0.4 is 0 Å². The molecule has 0 aliphatic carbocycles. The Kier molecular flexibility index (Phi) is 4.46. The molecular weight excluding hydrogens is 218 g/mol. The maximum atomic E-state index is 11.3. The Morgan fingerprint density at radius 3 is 2.81 bits per heavy atom. The van der Waals surface area contributed by atoms with Gasteiger partial charge in [-0.1, -0.05) is 5.16 Å². The maximum absolute atomic E-state index is 11.3. The molecule has 0 fully saturated rings. The van der Waals surface area contributed by atoms with Gasteiger partial charge in [-0.05, 0) is 6.92 Å². The maximum Gasteiger partial charge on any atom is 0.361 e. The fourth-order valence-corrected chi connectivity index (χ4v) is 0.944. The van der Waals surface area contributed by atoms with Gasteiger partial charge in [0.25, 0.3) is 0 Å². The van der Waals surface area contributed by atoms with Gasteiger partial charge in [0.2, 0.25) is 5.69 Å². The van der Waals surface area contributed by atoms with E-state index in [1.54, 1.807) is 6.92 Å². The highest BCUT2D eigenvalue weighted by atomic mass is 16.5. The van der Waals surface area contributed by atoms with Gasteiger partial charge in [-0.25, -0.2) is 9.59 Å². The predicted octanol–water partition coefficient (Wildman–Crippen LogP) is 0.000400. The van der Waals surface area contributed by atoms with Crippen LogP contribution in [0.1, 0.15) is 27.8 Å². The molecule has 0 unspecified atom stereocenters. The molecule has 1 N–H and O–H groups in total. The van der Waals surface area contributed by atoms with Gasteiger partial charge in [0, 0.05) is 0 Å². The molecule has 0 amide bonds. The van der Waals surface area contributed by atoms with Crippen LogP contribution >= 0.6 is 0 Å². The van der Waals surface area contributed by atoms with Crippen molar-refractivity contribution in [3.63, 3.8) is 0 Å². The average molecular weight is 229 g/mol. The van der Waals surface area contributed by atoms with Gasteiger partial charge >= 0.3 is 11.9 Å². The van der Waals surface area contributed by atoms with E-state index >= 15 is 0 Å². The third-order valence-electron chi connectivity index (χ3n) is 1.58. The SMILES string of the molecule is CCOC(=O)c1conc1C(=O)OCCO. The lowest BCUT2D eigenvalue weighted by Gasteiger charge is -2.01. The highest BCUT2D eigenvalue weighted by Gasteiger charge is 2.23. The molecule has 1 aromatic rings. The first-order valence-corrected chi connectivity index (χ1v) is 4.60. The minimum atomic E-state index is -0.842. The zero-order chi connectivity index (χ0) is 12.0. The van der Waals surface area contributed by atoms with E-state index in [2.05, 4.69) is 19.2 Å².